The second kappa shape index (κ2) is 6.57. The number of hydrogen-bond acceptors (Lipinski definition) is 2. The summed E-state index contributed by atoms with van der Waals surface area (Å²) in [6.07, 6.45) is 8.84. The molecule has 1 aromatic heterocycles. The molecule has 0 spiro atoms. The van der Waals surface area contributed by atoms with Gasteiger partial charge >= 0.3 is 0 Å². The van der Waals surface area contributed by atoms with Gasteiger partial charge in [-0.05, 0) is 25.3 Å². The quantitative estimate of drug-likeness (QED) is 0.842. The largest absolute Gasteiger partial charge is 0.350 e. The minimum Gasteiger partial charge on any atom is -0.350 e. The number of aromatic nitrogens is 2. The van der Waals surface area contributed by atoms with Gasteiger partial charge in [0.05, 0.1) is 12.2 Å². The topological polar surface area (TPSA) is 46.9 Å². The van der Waals surface area contributed by atoms with Crippen LogP contribution < -0.4 is 5.32 Å². The SMILES string of the molecule is CCn1nccc1CNC(=O)CCC1CCCC1. The van der Waals surface area contributed by atoms with Crippen LogP contribution in [-0.2, 0) is 17.9 Å². The zero-order valence-corrected chi connectivity index (χ0v) is 11.2. The van der Waals surface area contributed by atoms with Crippen LogP contribution in [0.3, 0.4) is 0 Å². The van der Waals surface area contributed by atoms with Crippen molar-refractivity contribution in [3.8, 4) is 0 Å². The second-order valence-corrected chi connectivity index (χ2v) is 5.10. The van der Waals surface area contributed by atoms with Crippen molar-refractivity contribution in [2.24, 2.45) is 5.92 Å². The lowest BCUT2D eigenvalue weighted by Gasteiger charge is -2.09. The first-order valence-electron chi connectivity index (χ1n) is 7.07. The van der Waals surface area contributed by atoms with E-state index in [-0.39, 0.29) is 5.91 Å². The van der Waals surface area contributed by atoms with Crippen LogP contribution in [0.5, 0.6) is 0 Å². The Bertz CT molecular complexity index is 380. The zero-order valence-electron chi connectivity index (χ0n) is 11.2. The van der Waals surface area contributed by atoms with Crippen LogP contribution in [0, 0.1) is 5.92 Å². The number of aryl methyl sites for hydroxylation is 1. The summed E-state index contributed by atoms with van der Waals surface area (Å²) in [6, 6.07) is 1.96. The van der Waals surface area contributed by atoms with Crippen molar-refractivity contribution in [3.05, 3.63) is 18.0 Å². The molecule has 1 heterocycles. The maximum absolute atomic E-state index is 11.8. The number of rotatable bonds is 6. The van der Waals surface area contributed by atoms with Gasteiger partial charge in [0.1, 0.15) is 0 Å². The minimum atomic E-state index is 0.172. The van der Waals surface area contributed by atoms with Crippen LogP contribution in [0.15, 0.2) is 12.3 Å². The Labute approximate surface area is 109 Å². The molecule has 1 N–H and O–H groups in total. The second-order valence-electron chi connectivity index (χ2n) is 5.10. The van der Waals surface area contributed by atoms with Gasteiger partial charge in [0.25, 0.3) is 0 Å². The molecule has 1 aliphatic rings. The fraction of sp³-hybridized carbons (Fsp3) is 0.714. The third-order valence-electron chi connectivity index (χ3n) is 3.83. The Morgan fingerprint density at radius 1 is 1.50 bits per heavy atom. The summed E-state index contributed by atoms with van der Waals surface area (Å²) in [6.45, 7) is 3.50. The molecule has 1 aliphatic carbocycles. The highest BCUT2D eigenvalue weighted by molar-refractivity contribution is 5.75. The smallest absolute Gasteiger partial charge is 0.220 e. The van der Waals surface area contributed by atoms with Crippen molar-refractivity contribution >= 4 is 5.91 Å². The summed E-state index contributed by atoms with van der Waals surface area (Å²) in [5.41, 5.74) is 1.08. The Hall–Kier alpha value is -1.32. The number of carbonyl (C=O) groups is 1. The van der Waals surface area contributed by atoms with Gasteiger partial charge < -0.3 is 5.32 Å². The molecule has 0 radical (unpaired) electrons. The van der Waals surface area contributed by atoms with Crippen LogP contribution in [0.4, 0.5) is 0 Å². The average Bonchev–Trinajstić information content (AvgIpc) is 3.04. The van der Waals surface area contributed by atoms with E-state index in [1.54, 1.807) is 6.20 Å². The van der Waals surface area contributed by atoms with E-state index in [2.05, 4.69) is 17.3 Å². The van der Waals surface area contributed by atoms with Crippen molar-refractivity contribution in [3.63, 3.8) is 0 Å². The van der Waals surface area contributed by atoms with Crippen LogP contribution in [0.2, 0.25) is 0 Å². The van der Waals surface area contributed by atoms with Crippen molar-refractivity contribution in [2.45, 2.75) is 58.5 Å². The molecule has 0 saturated heterocycles. The molecule has 0 aromatic carbocycles. The van der Waals surface area contributed by atoms with Gasteiger partial charge in [0.15, 0.2) is 0 Å². The van der Waals surface area contributed by atoms with Gasteiger partial charge in [-0.1, -0.05) is 25.7 Å². The number of amides is 1. The molecule has 0 atom stereocenters. The highest BCUT2D eigenvalue weighted by Crippen LogP contribution is 2.28. The minimum absolute atomic E-state index is 0.172. The van der Waals surface area contributed by atoms with E-state index in [4.69, 9.17) is 0 Å². The molecule has 1 aromatic rings. The highest BCUT2D eigenvalue weighted by Gasteiger charge is 2.16. The Morgan fingerprint density at radius 3 is 3.00 bits per heavy atom. The maximum Gasteiger partial charge on any atom is 0.220 e. The lowest BCUT2D eigenvalue weighted by molar-refractivity contribution is -0.121. The van der Waals surface area contributed by atoms with Gasteiger partial charge in [0.2, 0.25) is 5.91 Å². The van der Waals surface area contributed by atoms with E-state index in [0.717, 1.165) is 24.6 Å². The van der Waals surface area contributed by atoms with E-state index in [0.29, 0.717) is 13.0 Å². The van der Waals surface area contributed by atoms with Crippen molar-refractivity contribution in [1.29, 1.82) is 0 Å². The molecule has 18 heavy (non-hydrogen) atoms. The lowest BCUT2D eigenvalue weighted by Crippen LogP contribution is -2.24. The van der Waals surface area contributed by atoms with Gasteiger partial charge in [0, 0.05) is 19.2 Å². The molecule has 1 fully saturated rings. The molecule has 0 aliphatic heterocycles. The normalized spacial score (nSPS) is 16.1. The molecule has 1 amide bonds. The van der Waals surface area contributed by atoms with Gasteiger partial charge in [-0.2, -0.15) is 5.10 Å². The number of hydrogen-bond donors (Lipinski definition) is 1. The van der Waals surface area contributed by atoms with E-state index in [1.807, 2.05) is 10.7 Å². The van der Waals surface area contributed by atoms with E-state index < -0.39 is 0 Å². The summed E-state index contributed by atoms with van der Waals surface area (Å²) in [5, 5.41) is 7.17. The fourth-order valence-electron chi connectivity index (χ4n) is 2.71. The fourth-order valence-corrected chi connectivity index (χ4v) is 2.71. The Morgan fingerprint density at radius 2 is 2.28 bits per heavy atom. The maximum atomic E-state index is 11.8. The van der Waals surface area contributed by atoms with Crippen molar-refractivity contribution < 1.29 is 4.79 Å². The molecular formula is C14H23N3O. The first-order valence-corrected chi connectivity index (χ1v) is 7.07. The van der Waals surface area contributed by atoms with Gasteiger partial charge in [-0.15, -0.1) is 0 Å². The van der Waals surface area contributed by atoms with E-state index in [1.165, 1.54) is 25.7 Å². The van der Waals surface area contributed by atoms with Crippen LogP contribution in [0.25, 0.3) is 0 Å². The van der Waals surface area contributed by atoms with Gasteiger partial charge in [-0.25, -0.2) is 0 Å². The molecule has 4 nitrogen and oxygen atoms in total. The first kappa shape index (κ1) is 13.1. The molecule has 2 rings (SSSR count). The van der Waals surface area contributed by atoms with Gasteiger partial charge in [-0.3, -0.25) is 9.48 Å². The predicted octanol–water partition coefficient (Wildman–Crippen LogP) is 2.49. The summed E-state index contributed by atoms with van der Waals surface area (Å²) in [5.74, 6) is 0.961. The van der Waals surface area contributed by atoms with E-state index >= 15 is 0 Å². The third kappa shape index (κ3) is 3.59. The predicted molar refractivity (Wildman–Crippen MR) is 70.9 cm³/mol. The lowest BCUT2D eigenvalue weighted by atomic mass is 10.0. The van der Waals surface area contributed by atoms with Crippen LogP contribution in [0.1, 0.15) is 51.1 Å². The molecule has 4 heteroatoms. The Kier molecular flexibility index (Phi) is 4.79. The first-order chi connectivity index (χ1) is 8.79. The molecule has 0 unspecified atom stereocenters. The monoisotopic (exact) mass is 249 g/mol. The average molecular weight is 249 g/mol. The summed E-state index contributed by atoms with van der Waals surface area (Å²) in [4.78, 5) is 11.8. The molecule has 1 saturated carbocycles. The van der Waals surface area contributed by atoms with Crippen LogP contribution in [-0.4, -0.2) is 15.7 Å². The van der Waals surface area contributed by atoms with Crippen molar-refractivity contribution in [2.75, 3.05) is 0 Å². The number of carbonyl (C=O) groups excluding carboxylic acids is 1. The van der Waals surface area contributed by atoms with E-state index in [9.17, 15) is 4.79 Å². The number of nitrogens with one attached hydrogen (secondary N) is 1. The third-order valence-corrected chi connectivity index (χ3v) is 3.83. The Balaban J connectivity index is 1.68. The molecule has 0 bridgehead atoms. The van der Waals surface area contributed by atoms with Crippen molar-refractivity contribution in [1.82, 2.24) is 15.1 Å². The summed E-state index contributed by atoms with van der Waals surface area (Å²) >= 11 is 0. The highest BCUT2D eigenvalue weighted by atomic mass is 16.1. The number of nitrogens with zero attached hydrogens (tertiary/aromatic N) is 2. The molecule has 100 valence electrons. The standard InChI is InChI=1S/C14H23N3O/c1-2-17-13(9-10-16-17)11-15-14(18)8-7-12-5-3-4-6-12/h9-10,12H,2-8,11H2,1H3,(H,15,18). The summed E-state index contributed by atoms with van der Waals surface area (Å²) < 4.78 is 1.91. The summed E-state index contributed by atoms with van der Waals surface area (Å²) in [7, 11) is 0. The molecular weight excluding hydrogens is 226 g/mol. The zero-order chi connectivity index (χ0) is 12.8. The van der Waals surface area contributed by atoms with Crippen LogP contribution >= 0.6 is 0 Å².